The molecule has 0 saturated carbocycles. The van der Waals surface area contributed by atoms with E-state index in [1.807, 2.05) is 0 Å². The molecule has 0 aliphatic rings. The van der Waals surface area contributed by atoms with Gasteiger partial charge in [0.05, 0.1) is 0 Å². The summed E-state index contributed by atoms with van der Waals surface area (Å²) in [6, 6.07) is 4.90. The van der Waals surface area contributed by atoms with Crippen LogP contribution in [0.4, 0.5) is 4.39 Å². The summed E-state index contributed by atoms with van der Waals surface area (Å²) >= 11 is 0. The van der Waals surface area contributed by atoms with E-state index in [0.29, 0.717) is 0 Å². The Labute approximate surface area is 74.4 Å². The minimum Gasteiger partial charge on any atom is -0.323 e. The van der Waals surface area contributed by atoms with Crippen LogP contribution in [0.2, 0.25) is 0 Å². The van der Waals surface area contributed by atoms with Crippen molar-refractivity contribution in [2.75, 3.05) is 0 Å². The van der Waals surface area contributed by atoms with Crippen LogP contribution in [0.1, 0.15) is 11.3 Å². The number of nitrogens with two attached hydrogens (primary N) is 1. The smallest absolute Gasteiger partial charge is 0.323 e. The fraction of sp³-hybridized carbons (Fsp3) is 0.143. The molecule has 1 aromatic rings. The highest BCUT2D eigenvalue weighted by Crippen LogP contribution is 2.47. The zero-order chi connectivity index (χ0) is 10.1. The van der Waals surface area contributed by atoms with Gasteiger partial charge >= 0.3 is 7.60 Å². The van der Waals surface area contributed by atoms with Crippen molar-refractivity contribution >= 4 is 7.60 Å². The topological polar surface area (TPSA) is 83.6 Å². The van der Waals surface area contributed by atoms with Crippen LogP contribution in [0, 0.1) is 5.82 Å². The average Bonchev–Trinajstić information content (AvgIpc) is 2.01. The third-order valence-corrected chi connectivity index (χ3v) is 2.58. The van der Waals surface area contributed by atoms with Crippen molar-refractivity contribution in [3.63, 3.8) is 0 Å². The molecule has 6 heteroatoms. The van der Waals surface area contributed by atoms with Crippen LogP contribution < -0.4 is 5.73 Å². The molecule has 1 aromatic carbocycles. The Bertz CT molecular complexity index is 351. The molecule has 0 spiro atoms. The molecule has 1 unspecified atom stereocenters. The van der Waals surface area contributed by atoms with Gasteiger partial charge in [0.15, 0.2) is 0 Å². The Morgan fingerprint density at radius 1 is 1.46 bits per heavy atom. The second kappa shape index (κ2) is 3.55. The minimum atomic E-state index is -4.39. The van der Waals surface area contributed by atoms with Crippen molar-refractivity contribution in [3.05, 3.63) is 35.6 Å². The summed E-state index contributed by atoms with van der Waals surface area (Å²) in [6.45, 7) is 0. The molecule has 0 aromatic heterocycles. The molecule has 0 saturated heterocycles. The minimum absolute atomic E-state index is 0.0910. The lowest BCUT2D eigenvalue weighted by Crippen LogP contribution is -2.10. The monoisotopic (exact) mass is 205 g/mol. The molecular weight excluding hydrogens is 196 g/mol. The fourth-order valence-electron chi connectivity index (χ4n) is 0.885. The lowest BCUT2D eigenvalue weighted by molar-refractivity contribution is 0.359. The van der Waals surface area contributed by atoms with Gasteiger partial charge in [-0.3, -0.25) is 4.57 Å². The standard InChI is InChI=1S/C7H9FNO3P/c8-6-3-1-2-5(4-6)7(9)13(10,11)12/h1-4,7H,9H2,(H2,10,11,12). The highest BCUT2D eigenvalue weighted by molar-refractivity contribution is 7.52. The number of hydrogen-bond donors (Lipinski definition) is 3. The molecule has 1 rings (SSSR count). The Balaban J connectivity index is 3.02. The maximum Gasteiger partial charge on any atom is 0.346 e. The number of benzene rings is 1. The average molecular weight is 205 g/mol. The lowest BCUT2D eigenvalue weighted by atomic mass is 10.2. The first-order valence-corrected chi connectivity index (χ1v) is 5.15. The van der Waals surface area contributed by atoms with E-state index in [4.69, 9.17) is 15.5 Å². The van der Waals surface area contributed by atoms with Crippen LogP contribution in [-0.4, -0.2) is 9.79 Å². The largest absolute Gasteiger partial charge is 0.346 e. The van der Waals surface area contributed by atoms with Gasteiger partial charge in [-0.15, -0.1) is 0 Å². The predicted octanol–water partition coefficient (Wildman–Crippen LogP) is 0.961. The first-order chi connectivity index (χ1) is 5.91. The van der Waals surface area contributed by atoms with E-state index in [1.54, 1.807) is 0 Å². The van der Waals surface area contributed by atoms with E-state index < -0.39 is 19.2 Å². The molecular formula is C7H9FNO3P. The normalized spacial score (nSPS) is 14.2. The van der Waals surface area contributed by atoms with E-state index in [9.17, 15) is 8.96 Å². The predicted molar refractivity (Wildman–Crippen MR) is 45.4 cm³/mol. The van der Waals surface area contributed by atoms with Gasteiger partial charge in [0.2, 0.25) is 0 Å². The van der Waals surface area contributed by atoms with Crippen LogP contribution in [0.5, 0.6) is 0 Å². The van der Waals surface area contributed by atoms with Gasteiger partial charge in [-0.25, -0.2) is 4.39 Å². The van der Waals surface area contributed by atoms with E-state index in [-0.39, 0.29) is 5.56 Å². The number of hydrogen-bond acceptors (Lipinski definition) is 2. The van der Waals surface area contributed by atoms with Crippen molar-refractivity contribution in [3.8, 4) is 0 Å². The zero-order valence-electron chi connectivity index (χ0n) is 6.59. The summed E-state index contributed by atoms with van der Waals surface area (Å²) in [5.41, 5.74) is 5.30. The van der Waals surface area contributed by atoms with E-state index >= 15 is 0 Å². The van der Waals surface area contributed by atoms with E-state index in [2.05, 4.69) is 0 Å². The van der Waals surface area contributed by atoms with Gasteiger partial charge < -0.3 is 15.5 Å². The van der Waals surface area contributed by atoms with Crippen molar-refractivity contribution < 1.29 is 18.7 Å². The van der Waals surface area contributed by atoms with Gasteiger partial charge in [-0.05, 0) is 17.7 Å². The third-order valence-electron chi connectivity index (χ3n) is 1.55. The lowest BCUT2D eigenvalue weighted by Gasteiger charge is -2.13. The summed E-state index contributed by atoms with van der Waals surface area (Å²) in [6.07, 6.45) is 0. The summed E-state index contributed by atoms with van der Waals surface area (Å²) in [7, 11) is -4.39. The highest BCUT2D eigenvalue weighted by Gasteiger charge is 2.26. The Hall–Kier alpha value is -0.740. The molecule has 0 amide bonds. The van der Waals surface area contributed by atoms with Gasteiger partial charge in [0.25, 0.3) is 0 Å². The van der Waals surface area contributed by atoms with Crippen molar-refractivity contribution in [1.29, 1.82) is 0 Å². The first-order valence-electron chi connectivity index (χ1n) is 3.47. The van der Waals surface area contributed by atoms with Crippen LogP contribution >= 0.6 is 7.60 Å². The van der Waals surface area contributed by atoms with Gasteiger partial charge in [-0.1, -0.05) is 12.1 Å². The molecule has 0 aliphatic carbocycles. The molecule has 0 fully saturated rings. The molecule has 0 heterocycles. The second-order valence-electron chi connectivity index (χ2n) is 2.59. The van der Waals surface area contributed by atoms with E-state index in [1.165, 1.54) is 18.2 Å². The van der Waals surface area contributed by atoms with E-state index in [0.717, 1.165) is 6.07 Å². The zero-order valence-corrected chi connectivity index (χ0v) is 7.49. The van der Waals surface area contributed by atoms with Crippen molar-refractivity contribution in [1.82, 2.24) is 0 Å². The fourth-order valence-corrected chi connectivity index (χ4v) is 1.43. The molecule has 13 heavy (non-hydrogen) atoms. The second-order valence-corrected chi connectivity index (χ2v) is 4.32. The van der Waals surface area contributed by atoms with Crippen LogP contribution in [0.25, 0.3) is 0 Å². The third kappa shape index (κ3) is 2.60. The summed E-state index contributed by atoms with van der Waals surface area (Å²) in [5.74, 6) is -2.02. The SMILES string of the molecule is NC(c1cccc(F)c1)P(=O)(O)O. The molecule has 4 nitrogen and oxygen atoms in total. The quantitative estimate of drug-likeness (QED) is 0.628. The molecule has 4 N–H and O–H groups in total. The molecule has 0 bridgehead atoms. The van der Waals surface area contributed by atoms with Crippen LogP contribution in [0.15, 0.2) is 24.3 Å². The van der Waals surface area contributed by atoms with Gasteiger partial charge in [0, 0.05) is 0 Å². The van der Waals surface area contributed by atoms with Crippen LogP contribution in [-0.2, 0) is 4.57 Å². The van der Waals surface area contributed by atoms with Crippen LogP contribution in [0.3, 0.4) is 0 Å². The number of rotatable bonds is 2. The van der Waals surface area contributed by atoms with Gasteiger partial charge in [-0.2, -0.15) is 0 Å². The molecule has 0 radical (unpaired) electrons. The van der Waals surface area contributed by atoms with Crippen molar-refractivity contribution in [2.24, 2.45) is 5.73 Å². The summed E-state index contributed by atoms with van der Waals surface area (Å²) in [5, 5.41) is 0. The van der Waals surface area contributed by atoms with Crippen molar-refractivity contribution in [2.45, 2.75) is 5.78 Å². The Kier molecular flexibility index (Phi) is 2.83. The summed E-state index contributed by atoms with van der Waals surface area (Å²) in [4.78, 5) is 17.4. The van der Waals surface area contributed by atoms with Gasteiger partial charge in [0.1, 0.15) is 11.6 Å². The Morgan fingerprint density at radius 2 is 2.08 bits per heavy atom. The maximum atomic E-state index is 12.6. The number of halogens is 1. The Morgan fingerprint density at radius 3 is 2.54 bits per heavy atom. The maximum absolute atomic E-state index is 12.6. The highest BCUT2D eigenvalue weighted by atomic mass is 31.2. The summed E-state index contributed by atoms with van der Waals surface area (Å²) < 4.78 is 23.3. The molecule has 0 aliphatic heterocycles. The molecule has 1 atom stereocenters. The first kappa shape index (κ1) is 10.3. The molecule has 72 valence electrons.